The number of hydrogen-bond acceptors (Lipinski definition) is 3. The number of rotatable bonds is 3. The highest BCUT2D eigenvalue weighted by atomic mass is 16.3. The van der Waals surface area contributed by atoms with E-state index in [1.165, 1.54) is 0 Å². The molecule has 1 aromatic rings. The van der Waals surface area contributed by atoms with E-state index in [2.05, 4.69) is 10.6 Å². The van der Waals surface area contributed by atoms with E-state index in [9.17, 15) is 14.7 Å². The number of aliphatic hydroxyl groups excluding tert-OH is 1. The maximum Gasteiger partial charge on any atom is 0.313 e. The van der Waals surface area contributed by atoms with Gasteiger partial charge in [-0.2, -0.15) is 0 Å². The Morgan fingerprint density at radius 3 is 2.57 bits per heavy atom. The monoisotopic (exact) mass is 318 g/mol. The molecule has 0 radical (unpaired) electrons. The fourth-order valence-corrected chi connectivity index (χ4v) is 3.16. The standard InChI is InChI=1S/C18H26N2O3/c1-12-8-9-15(13(2)10-12)19-17(22)18(23)20-16-7-5-3-4-6-14(16)11-21/h8-10,14,16,21H,3-7,11H2,1-2H3,(H,19,22)(H,20,23). The number of aryl methyl sites for hydroxylation is 2. The van der Waals surface area contributed by atoms with Crippen molar-refractivity contribution in [1.82, 2.24) is 5.32 Å². The summed E-state index contributed by atoms with van der Waals surface area (Å²) in [4.78, 5) is 24.3. The molecule has 3 N–H and O–H groups in total. The van der Waals surface area contributed by atoms with Crippen LogP contribution >= 0.6 is 0 Å². The van der Waals surface area contributed by atoms with Gasteiger partial charge in [-0.3, -0.25) is 9.59 Å². The maximum atomic E-state index is 12.2. The SMILES string of the molecule is Cc1ccc(NC(=O)C(=O)NC2CCCCCC2CO)c(C)c1. The van der Waals surface area contributed by atoms with Crippen molar-refractivity contribution in [3.05, 3.63) is 29.3 Å². The number of carbonyl (C=O) groups is 2. The van der Waals surface area contributed by atoms with E-state index in [1.54, 1.807) is 6.07 Å². The summed E-state index contributed by atoms with van der Waals surface area (Å²) < 4.78 is 0. The van der Waals surface area contributed by atoms with Crippen molar-refractivity contribution in [2.75, 3.05) is 11.9 Å². The normalized spacial score (nSPS) is 21.3. The average molecular weight is 318 g/mol. The highest BCUT2D eigenvalue weighted by Gasteiger charge is 2.26. The summed E-state index contributed by atoms with van der Waals surface area (Å²) in [6.45, 7) is 3.92. The highest BCUT2D eigenvalue weighted by molar-refractivity contribution is 6.39. The van der Waals surface area contributed by atoms with Crippen LogP contribution in [-0.2, 0) is 9.59 Å². The molecule has 23 heavy (non-hydrogen) atoms. The van der Waals surface area contributed by atoms with Gasteiger partial charge >= 0.3 is 11.8 Å². The zero-order valence-electron chi connectivity index (χ0n) is 13.9. The Morgan fingerprint density at radius 2 is 1.87 bits per heavy atom. The third kappa shape index (κ3) is 4.79. The number of nitrogens with one attached hydrogen (secondary N) is 2. The third-order valence-electron chi connectivity index (χ3n) is 4.55. The fourth-order valence-electron chi connectivity index (χ4n) is 3.16. The number of anilines is 1. The van der Waals surface area contributed by atoms with Crippen LogP contribution in [0.2, 0.25) is 0 Å². The van der Waals surface area contributed by atoms with Crippen LogP contribution in [0.1, 0.15) is 43.2 Å². The van der Waals surface area contributed by atoms with E-state index >= 15 is 0 Å². The Labute approximate surface area is 137 Å². The lowest BCUT2D eigenvalue weighted by atomic mass is 9.95. The first-order valence-corrected chi connectivity index (χ1v) is 8.31. The van der Waals surface area contributed by atoms with Gasteiger partial charge in [0.15, 0.2) is 0 Å². The molecule has 0 spiro atoms. The zero-order chi connectivity index (χ0) is 16.8. The molecular weight excluding hydrogens is 292 g/mol. The van der Waals surface area contributed by atoms with Gasteiger partial charge in [-0.05, 0) is 38.3 Å². The van der Waals surface area contributed by atoms with Crippen LogP contribution in [0.5, 0.6) is 0 Å². The first-order valence-electron chi connectivity index (χ1n) is 8.31. The number of carbonyl (C=O) groups excluding carboxylic acids is 2. The molecule has 2 unspecified atom stereocenters. The van der Waals surface area contributed by atoms with E-state index in [-0.39, 0.29) is 18.6 Å². The van der Waals surface area contributed by atoms with Gasteiger partial charge in [-0.25, -0.2) is 0 Å². The summed E-state index contributed by atoms with van der Waals surface area (Å²) in [6.07, 6.45) is 4.89. The Balaban J connectivity index is 1.97. The van der Waals surface area contributed by atoms with Gasteiger partial charge in [-0.15, -0.1) is 0 Å². The summed E-state index contributed by atoms with van der Waals surface area (Å²) in [5.41, 5.74) is 2.68. The lowest BCUT2D eigenvalue weighted by Crippen LogP contribution is -2.45. The zero-order valence-corrected chi connectivity index (χ0v) is 13.9. The minimum Gasteiger partial charge on any atom is -0.396 e. The number of aliphatic hydroxyl groups is 1. The lowest BCUT2D eigenvalue weighted by molar-refractivity contribution is -0.137. The molecule has 5 heteroatoms. The van der Waals surface area contributed by atoms with Gasteiger partial charge in [-0.1, -0.05) is 37.0 Å². The Bertz CT molecular complexity index is 571. The topological polar surface area (TPSA) is 78.4 Å². The largest absolute Gasteiger partial charge is 0.396 e. The fraction of sp³-hybridized carbons (Fsp3) is 0.556. The third-order valence-corrected chi connectivity index (χ3v) is 4.55. The Kier molecular flexibility index (Phi) is 6.16. The van der Waals surface area contributed by atoms with Gasteiger partial charge in [0.1, 0.15) is 0 Å². The maximum absolute atomic E-state index is 12.2. The van der Waals surface area contributed by atoms with Gasteiger partial charge in [0, 0.05) is 24.3 Å². The van der Waals surface area contributed by atoms with Crippen LogP contribution in [0.4, 0.5) is 5.69 Å². The van der Waals surface area contributed by atoms with E-state index in [0.717, 1.165) is 43.2 Å². The molecule has 0 bridgehead atoms. The first-order chi connectivity index (χ1) is 11.0. The molecule has 0 heterocycles. The summed E-state index contributed by atoms with van der Waals surface area (Å²) in [5.74, 6) is -1.25. The average Bonchev–Trinajstić information content (AvgIpc) is 2.74. The Hall–Kier alpha value is -1.88. The first kappa shape index (κ1) is 17.5. The molecule has 1 aliphatic rings. The minimum atomic E-state index is -0.655. The molecular formula is C18H26N2O3. The Morgan fingerprint density at radius 1 is 1.13 bits per heavy atom. The molecule has 5 nitrogen and oxygen atoms in total. The predicted molar refractivity (Wildman–Crippen MR) is 90.1 cm³/mol. The van der Waals surface area contributed by atoms with Gasteiger partial charge in [0.2, 0.25) is 0 Å². The molecule has 1 saturated carbocycles. The molecule has 1 fully saturated rings. The van der Waals surface area contributed by atoms with Crippen molar-refractivity contribution >= 4 is 17.5 Å². The van der Waals surface area contributed by atoms with Crippen molar-refractivity contribution in [3.8, 4) is 0 Å². The van der Waals surface area contributed by atoms with Gasteiger partial charge < -0.3 is 15.7 Å². The van der Waals surface area contributed by atoms with Crippen LogP contribution in [0.3, 0.4) is 0 Å². The molecule has 2 atom stereocenters. The molecule has 1 aliphatic carbocycles. The summed E-state index contributed by atoms with van der Waals surface area (Å²) in [7, 11) is 0. The molecule has 126 valence electrons. The lowest BCUT2D eigenvalue weighted by Gasteiger charge is -2.24. The molecule has 1 aromatic carbocycles. The molecule has 2 rings (SSSR count). The second-order valence-corrected chi connectivity index (χ2v) is 6.43. The quantitative estimate of drug-likeness (QED) is 0.591. The summed E-state index contributed by atoms with van der Waals surface area (Å²) in [5, 5.41) is 14.9. The van der Waals surface area contributed by atoms with Crippen LogP contribution in [-0.4, -0.2) is 29.6 Å². The van der Waals surface area contributed by atoms with E-state index in [1.807, 2.05) is 26.0 Å². The molecule has 0 saturated heterocycles. The minimum absolute atomic E-state index is 0.0374. The van der Waals surface area contributed by atoms with Gasteiger partial charge in [0.05, 0.1) is 0 Å². The van der Waals surface area contributed by atoms with Crippen molar-refractivity contribution in [3.63, 3.8) is 0 Å². The number of benzene rings is 1. The molecule has 2 amide bonds. The van der Waals surface area contributed by atoms with E-state index < -0.39 is 11.8 Å². The predicted octanol–water partition coefficient (Wildman–Crippen LogP) is 2.30. The van der Waals surface area contributed by atoms with Crippen LogP contribution in [0.25, 0.3) is 0 Å². The van der Waals surface area contributed by atoms with Crippen molar-refractivity contribution in [1.29, 1.82) is 0 Å². The number of amides is 2. The van der Waals surface area contributed by atoms with E-state index in [0.29, 0.717) is 5.69 Å². The van der Waals surface area contributed by atoms with E-state index in [4.69, 9.17) is 0 Å². The smallest absolute Gasteiger partial charge is 0.313 e. The molecule has 0 aliphatic heterocycles. The van der Waals surface area contributed by atoms with Crippen molar-refractivity contribution < 1.29 is 14.7 Å². The van der Waals surface area contributed by atoms with Crippen molar-refractivity contribution in [2.45, 2.75) is 52.0 Å². The van der Waals surface area contributed by atoms with Crippen LogP contribution in [0.15, 0.2) is 18.2 Å². The molecule has 0 aromatic heterocycles. The number of hydrogen-bond donors (Lipinski definition) is 3. The van der Waals surface area contributed by atoms with Crippen molar-refractivity contribution in [2.24, 2.45) is 5.92 Å². The van der Waals surface area contributed by atoms with Crippen LogP contribution in [0, 0.1) is 19.8 Å². The second kappa shape index (κ2) is 8.11. The summed E-state index contributed by atoms with van der Waals surface area (Å²) in [6, 6.07) is 5.53. The second-order valence-electron chi connectivity index (χ2n) is 6.43. The summed E-state index contributed by atoms with van der Waals surface area (Å²) >= 11 is 0. The highest BCUT2D eigenvalue weighted by Crippen LogP contribution is 2.23. The van der Waals surface area contributed by atoms with Gasteiger partial charge in [0.25, 0.3) is 0 Å². The van der Waals surface area contributed by atoms with Crippen LogP contribution < -0.4 is 10.6 Å².